The van der Waals surface area contributed by atoms with Crippen LogP contribution in [0.1, 0.15) is 6.04 Å². The summed E-state index contributed by atoms with van der Waals surface area (Å²) in [6, 6.07) is 10.7. The lowest BCUT2D eigenvalue weighted by atomic mass is 10.2. The molecule has 0 aliphatic rings. The number of nitrogens with zero attached hydrogens (tertiary/aromatic N) is 3. The number of benzene rings is 3. The summed E-state index contributed by atoms with van der Waals surface area (Å²) in [5.41, 5.74) is 0.555. The zero-order chi connectivity index (χ0) is 27.8. The molecule has 3 N–H and O–H groups in total. The van der Waals surface area contributed by atoms with Crippen molar-refractivity contribution in [3.63, 3.8) is 0 Å². The second kappa shape index (κ2) is 11.1. The average molecular weight is 637 g/mol. The van der Waals surface area contributed by atoms with Gasteiger partial charge in [0.25, 0.3) is 11.8 Å². The van der Waals surface area contributed by atoms with Gasteiger partial charge >= 0.3 is 0 Å². The molecule has 4 aromatic rings. The molecule has 1 heterocycles. The molecule has 0 fully saturated rings. The van der Waals surface area contributed by atoms with Crippen LogP contribution in [0.25, 0.3) is 11.0 Å². The first-order valence-corrected chi connectivity index (χ1v) is 14.2. The van der Waals surface area contributed by atoms with Crippen LogP contribution >= 0.6 is 58.0 Å². The third-order valence-corrected chi connectivity index (χ3v) is 7.64. The molecular formula is C22H15Cl5N6O4S. The number of nitrogens with one attached hydrogen (secondary N) is 3. The lowest BCUT2D eigenvalue weighted by Crippen LogP contribution is -2.37. The van der Waals surface area contributed by atoms with Crippen molar-refractivity contribution in [1.29, 1.82) is 0 Å². The molecule has 3 aromatic carbocycles. The van der Waals surface area contributed by atoms with Crippen molar-refractivity contribution in [1.82, 2.24) is 15.0 Å². The van der Waals surface area contributed by atoms with Gasteiger partial charge in [0.15, 0.2) is 0 Å². The third kappa shape index (κ3) is 6.09. The van der Waals surface area contributed by atoms with Gasteiger partial charge in [-0.25, -0.2) is 8.42 Å². The van der Waals surface area contributed by atoms with E-state index < -0.39 is 27.9 Å². The van der Waals surface area contributed by atoms with Crippen molar-refractivity contribution in [2.75, 3.05) is 21.6 Å². The van der Waals surface area contributed by atoms with Crippen LogP contribution in [-0.4, -0.2) is 41.5 Å². The van der Waals surface area contributed by atoms with Gasteiger partial charge in [0.1, 0.15) is 11.0 Å². The summed E-state index contributed by atoms with van der Waals surface area (Å²) < 4.78 is 25.5. The molecule has 38 heavy (non-hydrogen) atoms. The number of hydrogen-bond donors (Lipinski definition) is 3. The lowest BCUT2D eigenvalue weighted by Gasteiger charge is -2.17. The van der Waals surface area contributed by atoms with Crippen molar-refractivity contribution in [2.45, 2.75) is 6.04 Å². The zero-order valence-electron chi connectivity index (χ0n) is 19.0. The number of hydrogen-bond acceptors (Lipinski definition) is 6. The van der Waals surface area contributed by atoms with Gasteiger partial charge < -0.3 is 10.6 Å². The summed E-state index contributed by atoms with van der Waals surface area (Å²) in [5.74, 6) is -1.73. The molecule has 0 saturated heterocycles. The fourth-order valence-electron chi connectivity index (χ4n) is 3.29. The summed E-state index contributed by atoms with van der Waals surface area (Å²) in [7, 11) is -3.61. The summed E-state index contributed by atoms with van der Waals surface area (Å²) >= 11 is 31.0. The highest BCUT2D eigenvalue weighted by atomic mass is 35.5. The molecule has 1 atom stereocenters. The third-order valence-electron chi connectivity index (χ3n) is 4.92. The zero-order valence-corrected chi connectivity index (χ0v) is 23.6. The number of sulfonamides is 1. The van der Waals surface area contributed by atoms with Crippen LogP contribution in [0.5, 0.6) is 0 Å². The van der Waals surface area contributed by atoms with Crippen LogP contribution in [0.15, 0.2) is 48.5 Å². The van der Waals surface area contributed by atoms with Gasteiger partial charge in [-0.05, 0) is 30.3 Å². The van der Waals surface area contributed by atoms with Crippen LogP contribution in [0.4, 0.5) is 17.1 Å². The Bertz CT molecular complexity index is 1640. The molecule has 0 radical (unpaired) electrons. The largest absolute Gasteiger partial charge is 0.324 e. The van der Waals surface area contributed by atoms with E-state index in [-0.39, 0.29) is 47.5 Å². The Kier molecular flexibility index (Phi) is 8.26. The first kappa shape index (κ1) is 28.2. The number of amides is 2. The molecular weight excluding hydrogens is 622 g/mol. The van der Waals surface area contributed by atoms with Crippen molar-refractivity contribution in [2.24, 2.45) is 0 Å². The van der Waals surface area contributed by atoms with E-state index in [9.17, 15) is 18.0 Å². The van der Waals surface area contributed by atoms with Crippen LogP contribution < -0.4 is 15.4 Å². The molecule has 0 spiro atoms. The standard InChI is InChI=1S/C22H15Cl5N6O4S/c1-38(36,37)32-11-7-8-12(23)13(9-11)29-22(35)20(21(34)28-10-5-3-2-4-6-10)33-30-18-16(26)14(24)15(25)17(27)19(18)31-33/h2-9,20,32H,1H3,(H,28,34)(H,29,35). The molecule has 10 nitrogen and oxygen atoms in total. The van der Waals surface area contributed by atoms with E-state index in [1.807, 2.05) is 0 Å². The van der Waals surface area contributed by atoms with Crippen molar-refractivity contribution >= 4 is 108 Å². The van der Waals surface area contributed by atoms with Crippen molar-refractivity contribution < 1.29 is 18.0 Å². The molecule has 0 saturated carbocycles. The summed E-state index contributed by atoms with van der Waals surface area (Å²) in [6.45, 7) is 0. The van der Waals surface area contributed by atoms with Gasteiger partial charge in [-0.2, -0.15) is 15.0 Å². The number of fused-ring (bicyclic) bond motifs is 1. The molecule has 2 amide bonds. The number of carbonyl (C=O) groups is 2. The molecule has 4 rings (SSSR count). The number of anilines is 3. The van der Waals surface area contributed by atoms with Crippen LogP contribution in [0.2, 0.25) is 25.1 Å². The second-order valence-electron chi connectivity index (χ2n) is 7.79. The lowest BCUT2D eigenvalue weighted by molar-refractivity contribution is -0.129. The van der Waals surface area contributed by atoms with Crippen molar-refractivity contribution in [3.8, 4) is 0 Å². The number of aromatic nitrogens is 3. The predicted octanol–water partition coefficient (Wildman–Crippen LogP) is 5.89. The number of para-hydroxylation sites is 1. The first-order valence-electron chi connectivity index (χ1n) is 10.4. The maximum absolute atomic E-state index is 13.5. The number of carbonyl (C=O) groups excluding carboxylic acids is 2. The van der Waals surface area contributed by atoms with Gasteiger partial charge in [0.2, 0.25) is 16.1 Å². The Morgan fingerprint density at radius 1 is 0.789 bits per heavy atom. The van der Waals surface area contributed by atoms with Crippen molar-refractivity contribution in [3.05, 3.63) is 73.6 Å². The Balaban J connectivity index is 1.77. The molecule has 0 aliphatic carbocycles. The quantitative estimate of drug-likeness (QED) is 0.132. The van der Waals surface area contributed by atoms with Crippen LogP contribution in [-0.2, 0) is 19.6 Å². The second-order valence-corrected chi connectivity index (χ2v) is 11.5. The van der Waals surface area contributed by atoms with Crippen LogP contribution in [0.3, 0.4) is 0 Å². The fraction of sp³-hybridized carbons (Fsp3) is 0.0909. The highest BCUT2D eigenvalue weighted by molar-refractivity contribution is 7.92. The van der Waals surface area contributed by atoms with Gasteiger partial charge in [0.05, 0.1) is 42.7 Å². The highest BCUT2D eigenvalue weighted by Gasteiger charge is 2.33. The van der Waals surface area contributed by atoms with Gasteiger partial charge in [-0.3, -0.25) is 14.3 Å². The molecule has 0 aliphatic heterocycles. The van der Waals surface area contributed by atoms with E-state index in [1.165, 1.54) is 18.2 Å². The van der Waals surface area contributed by atoms with E-state index in [1.54, 1.807) is 30.3 Å². The first-order chi connectivity index (χ1) is 17.9. The highest BCUT2D eigenvalue weighted by Crippen LogP contribution is 2.41. The van der Waals surface area contributed by atoms with E-state index in [2.05, 4.69) is 25.6 Å². The average Bonchev–Trinajstić information content (AvgIpc) is 3.28. The smallest absolute Gasteiger partial charge is 0.260 e. The molecule has 198 valence electrons. The van der Waals surface area contributed by atoms with Crippen LogP contribution in [0, 0.1) is 0 Å². The molecule has 0 bridgehead atoms. The minimum Gasteiger partial charge on any atom is -0.324 e. The minimum atomic E-state index is -3.61. The molecule has 1 aromatic heterocycles. The summed E-state index contributed by atoms with van der Waals surface area (Å²) in [6.07, 6.45) is 0.965. The molecule has 16 heteroatoms. The molecule has 1 unspecified atom stereocenters. The van der Waals surface area contributed by atoms with Gasteiger partial charge in [-0.15, -0.1) is 0 Å². The Morgan fingerprint density at radius 3 is 1.89 bits per heavy atom. The predicted molar refractivity (Wildman–Crippen MR) is 150 cm³/mol. The summed E-state index contributed by atoms with van der Waals surface area (Å²) in [4.78, 5) is 27.6. The van der Waals surface area contributed by atoms with Gasteiger partial charge in [0, 0.05) is 5.69 Å². The number of halogens is 5. The van der Waals surface area contributed by atoms with E-state index in [0.29, 0.717) is 5.69 Å². The van der Waals surface area contributed by atoms with E-state index >= 15 is 0 Å². The van der Waals surface area contributed by atoms with E-state index in [4.69, 9.17) is 58.0 Å². The maximum atomic E-state index is 13.5. The van der Waals surface area contributed by atoms with E-state index in [0.717, 1.165) is 11.1 Å². The summed E-state index contributed by atoms with van der Waals surface area (Å²) in [5, 5.41) is 13.3. The Hall–Kier alpha value is -2.80. The Morgan fingerprint density at radius 2 is 1.34 bits per heavy atom. The Labute approximate surface area is 241 Å². The maximum Gasteiger partial charge on any atom is 0.260 e. The monoisotopic (exact) mass is 634 g/mol. The number of rotatable bonds is 7. The fourth-order valence-corrected chi connectivity index (χ4v) is 4.92. The normalized spacial score (nSPS) is 12.3. The minimum absolute atomic E-state index is 0.00811. The van der Waals surface area contributed by atoms with Gasteiger partial charge in [-0.1, -0.05) is 76.2 Å². The topological polar surface area (TPSA) is 135 Å². The SMILES string of the molecule is CS(=O)(=O)Nc1ccc(Cl)c(NC(=O)C(C(=O)Nc2ccccc2)n2nc3c(Cl)c(Cl)c(Cl)c(Cl)c3n2)c1.